The minimum atomic E-state index is -0.670. The van der Waals surface area contributed by atoms with Crippen molar-refractivity contribution in [3.05, 3.63) is 96.6 Å². The molecule has 1 aliphatic rings. The van der Waals surface area contributed by atoms with E-state index in [1.165, 1.54) is 4.90 Å². The van der Waals surface area contributed by atoms with E-state index < -0.39 is 6.04 Å². The molecule has 4 rings (SSSR count). The molecule has 0 bridgehead atoms. The summed E-state index contributed by atoms with van der Waals surface area (Å²) in [6.07, 6.45) is 0. The van der Waals surface area contributed by atoms with Gasteiger partial charge in [0.15, 0.2) is 0 Å². The van der Waals surface area contributed by atoms with Gasteiger partial charge in [-0.1, -0.05) is 66.7 Å². The summed E-state index contributed by atoms with van der Waals surface area (Å²) in [5.41, 5.74) is 2.08. The fourth-order valence-corrected chi connectivity index (χ4v) is 3.13. The van der Waals surface area contributed by atoms with Crippen LogP contribution < -0.4 is 9.80 Å². The van der Waals surface area contributed by atoms with Gasteiger partial charge >= 0.3 is 6.03 Å². The second-order valence-electron chi connectivity index (χ2n) is 5.81. The van der Waals surface area contributed by atoms with Crippen molar-refractivity contribution in [3.63, 3.8) is 0 Å². The maximum atomic E-state index is 13.2. The predicted molar refractivity (Wildman–Crippen MR) is 97.4 cm³/mol. The third-order valence-corrected chi connectivity index (χ3v) is 4.27. The number of amides is 3. The van der Waals surface area contributed by atoms with Gasteiger partial charge in [0.25, 0.3) is 5.91 Å². The van der Waals surface area contributed by atoms with Crippen molar-refractivity contribution in [2.24, 2.45) is 0 Å². The topological polar surface area (TPSA) is 40.6 Å². The zero-order chi connectivity index (χ0) is 17.2. The van der Waals surface area contributed by atoms with Crippen LogP contribution in [0.5, 0.6) is 0 Å². The average Bonchev–Trinajstić information content (AvgIpc) is 2.94. The molecule has 3 aromatic rings. The molecule has 0 saturated carbocycles. The van der Waals surface area contributed by atoms with Crippen molar-refractivity contribution in [2.45, 2.75) is 6.04 Å². The summed E-state index contributed by atoms with van der Waals surface area (Å²) >= 11 is 0. The lowest BCUT2D eigenvalue weighted by Crippen LogP contribution is -2.33. The van der Waals surface area contributed by atoms with Crippen LogP contribution >= 0.6 is 0 Å². The summed E-state index contributed by atoms with van der Waals surface area (Å²) in [6.45, 7) is 0. The Kier molecular flexibility index (Phi) is 3.78. The van der Waals surface area contributed by atoms with E-state index in [0.717, 1.165) is 5.56 Å². The van der Waals surface area contributed by atoms with Gasteiger partial charge in [-0.2, -0.15) is 0 Å². The van der Waals surface area contributed by atoms with E-state index in [4.69, 9.17) is 0 Å². The van der Waals surface area contributed by atoms with E-state index in [2.05, 4.69) is 0 Å². The number of nitrogens with zero attached hydrogens (tertiary/aromatic N) is 2. The van der Waals surface area contributed by atoms with Crippen LogP contribution in [0.4, 0.5) is 16.2 Å². The van der Waals surface area contributed by atoms with Crippen LogP contribution in [0.25, 0.3) is 0 Å². The summed E-state index contributed by atoms with van der Waals surface area (Å²) in [5, 5.41) is 0. The normalized spacial score (nSPS) is 17.2. The van der Waals surface area contributed by atoms with Crippen LogP contribution in [-0.2, 0) is 4.79 Å². The van der Waals surface area contributed by atoms with Crippen LogP contribution in [-0.4, -0.2) is 11.9 Å². The lowest BCUT2D eigenvalue weighted by molar-refractivity contribution is -0.118. The molecule has 4 heteroatoms. The first-order chi connectivity index (χ1) is 12.3. The van der Waals surface area contributed by atoms with Crippen molar-refractivity contribution in [3.8, 4) is 0 Å². The molecule has 0 spiro atoms. The highest BCUT2D eigenvalue weighted by Gasteiger charge is 2.47. The van der Waals surface area contributed by atoms with Crippen LogP contribution in [0.3, 0.4) is 0 Å². The summed E-state index contributed by atoms with van der Waals surface area (Å²) in [7, 11) is 0. The highest BCUT2D eigenvalue weighted by Crippen LogP contribution is 2.37. The second-order valence-corrected chi connectivity index (χ2v) is 5.81. The molecule has 122 valence electrons. The van der Waals surface area contributed by atoms with E-state index in [9.17, 15) is 9.59 Å². The van der Waals surface area contributed by atoms with Gasteiger partial charge in [0.05, 0.1) is 5.69 Å². The number of benzene rings is 3. The smallest absolute Gasteiger partial charge is 0.277 e. The molecule has 1 saturated heterocycles. The molecule has 0 unspecified atom stereocenters. The van der Waals surface area contributed by atoms with Crippen molar-refractivity contribution >= 4 is 23.3 Å². The molecule has 3 amide bonds. The van der Waals surface area contributed by atoms with Gasteiger partial charge in [-0.3, -0.25) is 9.69 Å². The minimum absolute atomic E-state index is 0.244. The number of urea groups is 1. The summed E-state index contributed by atoms with van der Waals surface area (Å²) < 4.78 is 0. The Balaban J connectivity index is 1.85. The van der Waals surface area contributed by atoms with E-state index in [1.807, 2.05) is 78.9 Å². The largest absolute Gasteiger partial charge is 0.336 e. The molecule has 25 heavy (non-hydrogen) atoms. The van der Waals surface area contributed by atoms with Crippen molar-refractivity contribution in [2.75, 3.05) is 9.80 Å². The van der Waals surface area contributed by atoms with E-state index in [0.29, 0.717) is 11.4 Å². The number of rotatable bonds is 3. The Morgan fingerprint density at radius 3 is 1.64 bits per heavy atom. The highest BCUT2D eigenvalue weighted by molar-refractivity contribution is 6.28. The Morgan fingerprint density at radius 1 is 0.600 bits per heavy atom. The van der Waals surface area contributed by atoms with Crippen molar-refractivity contribution < 1.29 is 9.59 Å². The standard InChI is InChI=1S/C21H16N2O2/c24-20-19(16-10-4-1-5-11-16)22(17-12-6-2-7-13-17)21(25)23(20)18-14-8-3-9-15-18/h1-15,19H/t19-/m1/s1. The molecule has 1 fully saturated rings. The fraction of sp³-hybridized carbons (Fsp3) is 0.0476. The van der Waals surface area contributed by atoms with Crippen molar-refractivity contribution in [1.82, 2.24) is 0 Å². The number of carbonyl (C=O) groups excluding carboxylic acids is 2. The molecular formula is C21H16N2O2. The lowest BCUT2D eigenvalue weighted by atomic mass is 10.1. The zero-order valence-electron chi connectivity index (χ0n) is 13.4. The van der Waals surface area contributed by atoms with E-state index >= 15 is 0 Å². The predicted octanol–water partition coefficient (Wildman–Crippen LogP) is 4.40. The van der Waals surface area contributed by atoms with Gasteiger partial charge < -0.3 is 0 Å². The SMILES string of the molecule is O=C1[C@@H](c2ccccc2)N(c2ccccc2)C(=O)N1c1ccccc1. The second kappa shape index (κ2) is 6.24. The van der Waals surface area contributed by atoms with Gasteiger partial charge in [-0.15, -0.1) is 0 Å². The van der Waals surface area contributed by atoms with Gasteiger partial charge in [0, 0.05) is 5.69 Å². The summed E-state index contributed by atoms with van der Waals surface area (Å²) in [5.74, 6) is -0.244. The fourth-order valence-electron chi connectivity index (χ4n) is 3.13. The first-order valence-electron chi connectivity index (χ1n) is 8.09. The number of para-hydroxylation sites is 2. The van der Waals surface area contributed by atoms with E-state index in [1.54, 1.807) is 17.0 Å². The molecule has 0 N–H and O–H groups in total. The highest BCUT2D eigenvalue weighted by atomic mass is 16.2. The average molecular weight is 328 g/mol. The Hall–Kier alpha value is -3.40. The Labute approximate surface area is 145 Å². The number of hydrogen-bond acceptors (Lipinski definition) is 2. The quantitative estimate of drug-likeness (QED) is 0.669. The minimum Gasteiger partial charge on any atom is -0.277 e. The summed E-state index contributed by atoms with van der Waals surface area (Å²) in [4.78, 5) is 29.1. The van der Waals surface area contributed by atoms with Crippen LogP contribution in [0.15, 0.2) is 91.0 Å². The monoisotopic (exact) mass is 328 g/mol. The molecular weight excluding hydrogens is 312 g/mol. The number of carbonyl (C=O) groups is 2. The molecule has 0 radical (unpaired) electrons. The van der Waals surface area contributed by atoms with Crippen molar-refractivity contribution in [1.29, 1.82) is 0 Å². The van der Waals surface area contributed by atoms with Gasteiger partial charge in [-0.25, -0.2) is 9.69 Å². The molecule has 1 aliphatic heterocycles. The first-order valence-corrected chi connectivity index (χ1v) is 8.09. The zero-order valence-corrected chi connectivity index (χ0v) is 13.4. The van der Waals surface area contributed by atoms with Crippen LogP contribution in [0.1, 0.15) is 11.6 Å². The van der Waals surface area contributed by atoms with Gasteiger partial charge in [0.2, 0.25) is 0 Å². The molecule has 4 nitrogen and oxygen atoms in total. The maximum absolute atomic E-state index is 13.2. The van der Waals surface area contributed by atoms with Crippen LogP contribution in [0.2, 0.25) is 0 Å². The van der Waals surface area contributed by atoms with Gasteiger partial charge in [0.1, 0.15) is 6.04 Å². The third-order valence-electron chi connectivity index (χ3n) is 4.27. The third kappa shape index (κ3) is 2.58. The number of hydrogen-bond donors (Lipinski definition) is 0. The van der Waals surface area contributed by atoms with Crippen LogP contribution in [0, 0.1) is 0 Å². The number of anilines is 2. The Bertz CT molecular complexity index is 837. The molecule has 0 aliphatic carbocycles. The molecule has 0 aromatic heterocycles. The number of imide groups is 1. The first kappa shape index (κ1) is 15.1. The Morgan fingerprint density at radius 2 is 1.08 bits per heavy atom. The summed E-state index contributed by atoms with van der Waals surface area (Å²) in [6, 6.07) is 26.7. The van der Waals surface area contributed by atoms with E-state index in [-0.39, 0.29) is 11.9 Å². The lowest BCUT2D eigenvalue weighted by Gasteiger charge is -2.22. The maximum Gasteiger partial charge on any atom is 0.336 e. The molecule has 3 aromatic carbocycles. The van der Waals surface area contributed by atoms with Gasteiger partial charge in [-0.05, 0) is 29.8 Å². The molecule has 1 heterocycles. The molecule has 1 atom stereocenters.